The summed E-state index contributed by atoms with van der Waals surface area (Å²) in [6.45, 7) is 3.66. The summed E-state index contributed by atoms with van der Waals surface area (Å²) in [6, 6.07) is 9.09. The molecular weight excluding hydrogens is 344 g/mol. The zero-order valence-corrected chi connectivity index (χ0v) is 15.7. The molecule has 2 rings (SSSR count). The number of carbonyl (C=O) groups is 2. The van der Waals surface area contributed by atoms with E-state index >= 15 is 0 Å². The smallest absolute Gasteiger partial charge is 0.224 e. The molecule has 2 atom stereocenters. The summed E-state index contributed by atoms with van der Waals surface area (Å²) in [7, 11) is 0. The molecule has 6 nitrogen and oxygen atoms in total. The van der Waals surface area contributed by atoms with Crippen LogP contribution in [0.25, 0.3) is 0 Å². The van der Waals surface area contributed by atoms with Crippen LogP contribution in [0.3, 0.4) is 0 Å². The highest BCUT2D eigenvalue weighted by molar-refractivity contribution is 5.86. The molecule has 2 amide bonds. The second kappa shape index (κ2) is 10.2. The minimum Gasteiger partial charge on any atom is -0.394 e. The Morgan fingerprint density at radius 2 is 1.89 bits per heavy atom. The maximum absolute atomic E-state index is 12.5. The third kappa shape index (κ3) is 6.19. The molecular formula is C21H30N2O4. The van der Waals surface area contributed by atoms with Crippen molar-refractivity contribution in [3.8, 4) is 0 Å². The summed E-state index contributed by atoms with van der Waals surface area (Å²) in [5, 5.41) is 25.5. The zero-order chi connectivity index (χ0) is 19.7. The lowest BCUT2D eigenvalue weighted by Crippen LogP contribution is -2.50. The Bertz CT molecular complexity index is 626. The second-order valence-corrected chi connectivity index (χ2v) is 7.29. The van der Waals surface area contributed by atoms with Gasteiger partial charge >= 0.3 is 0 Å². The number of allylic oxidation sites excluding steroid dienone is 1. The number of amides is 2. The normalized spacial score (nSPS) is 17.7. The highest BCUT2D eigenvalue weighted by atomic mass is 16.3. The first-order chi connectivity index (χ1) is 13.0. The largest absolute Gasteiger partial charge is 0.394 e. The van der Waals surface area contributed by atoms with E-state index in [-0.39, 0.29) is 31.4 Å². The van der Waals surface area contributed by atoms with Crippen LogP contribution < -0.4 is 10.6 Å². The Kier molecular flexibility index (Phi) is 8.00. The van der Waals surface area contributed by atoms with Crippen LogP contribution in [0.5, 0.6) is 0 Å². The molecule has 1 aromatic carbocycles. The molecule has 1 aliphatic rings. The summed E-state index contributed by atoms with van der Waals surface area (Å²) >= 11 is 0. The van der Waals surface area contributed by atoms with E-state index in [4.69, 9.17) is 0 Å². The third-order valence-electron chi connectivity index (χ3n) is 5.18. The number of rotatable bonds is 10. The summed E-state index contributed by atoms with van der Waals surface area (Å²) in [4.78, 5) is 24.9. The molecule has 1 saturated carbocycles. The Balaban J connectivity index is 1.88. The quantitative estimate of drug-likeness (QED) is 0.470. The summed E-state index contributed by atoms with van der Waals surface area (Å²) in [5.41, 5.74) is 0.178. The molecule has 0 heterocycles. The van der Waals surface area contributed by atoms with Gasteiger partial charge < -0.3 is 20.8 Å². The van der Waals surface area contributed by atoms with E-state index in [1.807, 2.05) is 18.2 Å². The molecule has 0 radical (unpaired) electrons. The number of nitrogens with one attached hydrogen (secondary N) is 2. The molecule has 0 aromatic heterocycles. The minimum absolute atomic E-state index is 0.0288. The van der Waals surface area contributed by atoms with Crippen molar-refractivity contribution in [3.63, 3.8) is 0 Å². The van der Waals surface area contributed by atoms with E-state index in [0.29, 0.717) is 6.42 Å². The molecule has 0 bridgehead atoms. The van der Waals surface area contributed by atoms with Gasteiger partial charge in [0.05, 0.1) is 24.2 Å². The Labute approximate surface area is 160 Å². The molecule has 0 spiro atoms. The van der Waals surface area contributed by atoms with Crippen LogP contribution in [0, 0.1) is 5.92 Å². The van der Waals surface area contributed by atoms with E-state index in [1.165, 1.54) is 0 Å². The Morgan fingerprint density at radius 1 is 1.22 bits per heavy atom. The Morgan fingerprint density at radius 3 is 2.48 bits per heavy atom. The van der Waals surface area contributed by atoms with E-state index in [0.717, 1.165) is 31.2 Å². The van der Waals surface area contributed by atoms with Gasteiger partial charge in [0.1, 0.15) is 0 Å². The van der Waals surface area contributed by atoms with Gasteiger partial charge in [0.2, 0.25) is 11.8 Å². The SMILES string of the molecule is C=CCC(CC(=O)NC1(CO)CCCC1)C(=O)NCC(O)c1ccccc1. The fourth-order valence-electron chi connectivity index (χ4n) is 3.56. The van der Waals surface area contributed by atoms with E-state index in [1.54, 1.807) is 18.2 Å². The lowest BCUT2D eigenvalue weighted by atomic mass is 9.95. The molecule has 0 aliphatic heterocycles. The predicted molar refractivity (Wildman–Crippen MR) is 104 cm³/mol. The van der Waals surface area contributed by atoms with Crippen molar-refractivity contribution in [2.75, 3.05) is 13.2 Å². The van der Waals surface area contributed by atoms with Crippen molar-refractivity contribution in [2.45, 2.75) is 50.2 Å². The van der Waals surface area contributed by atoms with Crippen LogP contribution in [0.1, 0.15) is 50.2 Å². The van der Waals surface area contributed by atoms with Crippen LogP contribution in [-0.4, -0.2) is 40.7 Å². The highest BCUT2D eigenvalue weighted by Gasteiger charge is 2.35. The average molecular weight is 374 g/mol. The first-order valence-electron chi connectivity index (χ1n) is 9.53. The minimum atomic E-state index is -0.801. The lowest BCUT2D eigenvalue weighted by Gasteiger charge is -2.28. The van der Waals surface area contributed by atoms with Crippen LogP contribution in [0.2, 0.25) is 0 Å². The van der Waals surface area contributed by atoms with Crippen LogP contribution >= 0.6 is 0 Å². The van der Waals surface area contributed by atoms with Gasteiger partial charge in [-0.25, -0.2) is 0 Å². The van der Waals surface area contributed by atoms with Gasteiger partial charge in [0.25, 0.3) is 0 Å². The summed E-state index contributed by atoms with van der Waals surface area (Å²) in [6.07, 6.45) is 4.69. The standard InChI is InChI=1S/C21H30N2O4/c1-2-8-17(13-19(26)23-21(15-24)11-6-7-12-21)20(27)22-14-18(25)16-9-4-3-5-10-16/h2-5,9-10,17-18,24-25H,1,6-8,11-15H2,(H,22,27)(H,23,26). The molecule has 148 valence electrons. The van der Waals surface area contributed by atoms with E-state index < -0.39 is 17.6 Å². The molecule has 6 heteroatoms. The summed E-state index contributed by atoms with van der Waals surface area (Å²) in [5.74, 6) is -1.08. The zero-order valence-electron chi connectivity index (χ0n) is 15.7. The van der Waals surface area contributed by atoms with E-state index in [9.17, 15) is 19.8 Å². The van der Waals surface area contributed by atoms with E-state index in [2.05, 4.69) is 17.2 Å². The molecule has 2 unspecified atom stereocenters. The van der Waals surface area contributed by atoms with Crippen LogP contribution in [0.15, 0.2) is 43.0 Å². The van der Waals surface area contributed by atoms with Gasteiger partial charge in [-0.15, -0.1) is 6.58 Å². The molecule has 0 saturated heterocycles. The number of aliphatic hydroxyl groups is 2. The number of benzene rings is 1. The number of hydrogen-bond acceptors (Lipinski definition) is 4. The molecule has 27 heavy (non-hydrogen) atoms. The third-order valence-corrected chi connectivity index (χ3v) is 5.18. The van der Waals surface area contributed by atoms with Crippen molar-refractivity contribution in [1.82, 2.24) is 10.6 Å². The lowest BCUT2D eigenvalue weighted by molar-refractivity contribution is -0.131. The van der Waals surface area contributed by atoms with Crippen LogP contribution in [-0.2, 0) is 9.59 Å². The molecule has 4 N–H and O–H groups in total. The van der Waals surface area contributed by atoms with Gasteiger partial charge in [0.15, 0.2) is 0 Å². The van der Waals surface area contributed by atoms with Gasteiger partial charge in [0, 0.05) is 13.0 Å². The fraction of sp³-hybridized carbons (Fsp3) is 0.524. The second-order valence-electron chi connectivity index (χ2n) is 7.29. The first-order valence-corrected chi connectivity index (χ1v) is 9.53. The number of carbonyl (C=O) groups excluding carboxylic acids is 2. The van der Waals surface area contributed by atoms with Gasteiger partial charge in [-0.05, 0) is 24.8 Å². The highest BCUT2D eigenvalue weighted by Crippen LogP contribution is 2.29. The van der Waals surface area contributed by atoms with Crippen molar-refractivity contribution in [2.24, 2.45) is 5.92 Å². The van der Waals surface area contributed by atoms with Crippen molar-refractivity contribution < 1.29 is 19.8 Å². The fourth-order valence-corrected chi connectivity index (χ4v) is 3.56. The maximum Gasteiger partial charge on any atom is 0.224 e. The number of hydrogen-bond donors (Lipinski definition) is 4. The topological polar surface area (TPSA) is 98.7 Å². The average Bonchev–Trinajstić information content (AvgIpc) is 3.15. The first kappa shape index (κ1) is 21.1. The van der Waals surface area contributed by atoms with Crippen LogP contribution in [0.4, 0.5) is 0 Å². The Hall–Kier alpha value is -2.18. The van der Waals surface area contributed by atoms with Crippen molar-refractivity contribution >= 4 is 11.8 Å². The molecule has 1 aromatic rings. The summed E-state index contributed by atoms with van der Waals surface area (Å²) < 4.78 is 0. The van der Waals surface area contributed by atoms with Gasteiger partial charge in [-0.3, -0.25) is 9.59 Å². The molecule has 1 fully saturated rings. The monoisotopic (exact) mass is 374 g/mol. The molecule has 1 aliphatic carbocycles. The predicted octanol–water partition coefficient (Wildman–Crippen LogP) is 1.84. The van der Waals surface area contributed by atoms with Crippen molar-refractivity contribution in [1.29, 1.82) is 0 Å². The van der Waals surface area contributed by atoms with Crippen molar-refractivity contribution in [3.05, 3.63) is 48.6 Å². The number of aliphatic hydroxyl groups excluding tert-OH is 2. The maximum atomic E-state index is 12.5. The van der Waals surface area contributed by atoms with Gasteiger partial charge in [-0.1, -0.05) is 49.2 Å². The van der Waals surface area contributed by atoms with Gasteiger partial charge in [-0.2, -0.15) is 0 Å².